The maximum atomic E-state index is 13.8. The van der Waals surface area contributed by atoms with Gasteiger partial charge in [0.15, 0.2) is 5.96 Å². The molecular weight excluding hydrogens is 383 g/mol. The first-order valence-electron chi connectivity index (χ1n) is 10.5. The lowest BCUT2D eigenvalue weighted by atomic mass is 10.0. The highest BCUT2D eigenvalue weighted by molar-refractivity contribution is 5.79. The van der Waals surface area contributed by atoms with Crippen molar-refractivity contribution >= 4 is 5.96 Å². The highest BCUT2D eigenvalue weighted by atomic mass is 19.1. The SMILES string of the molecule is CN=C(NCCCOc1ccccc1)NCC(c1cccc(F)c1)N1CCOCC1. The molecule has 30 heavy (non-hydrogen) atoms. The molecule has 1 atom stereocenters. The molecule has 162 valence electrons. The van der Waals surface area contributed by atoms with Gasteiger partial charge in [-0.25, -0.2) is 4.39 Å². The number of rotatable bonds is 9. The molecule has 1 aliphatic rings. The van der Waals surface area contributed by atoms with Gasteiger partial charge in [0.2, 0.25) is 0 Å². The van der Waals surface area contributed by atoms with Crippen LogP contribution >= 0.6 is 0 Å². The monoisotopic (exact) mass is 414 g/mol. The van der Waals surface area contributed by atoms with E-state index in [2.05, 4.69) is 20.5 Å². The first-order chi connectivity index (χ1) is 14.8. The number of hydrogen-bond donors (Lipinski definition) is 2. The second-order valence-corrected chi connectivity index (χ2v) is 7.11. The number of aliphatic imine (C=N–C) groups is 1. The zero-order chi connectivity index (χ0) is 21.0. The van der Waals surface area contributed by atoms with Crippen LogP contribution in [-0.4, -0.2) is 63.9 Å². The first-order valence-corrected chi connectivity index (χ1v) is 10.5. The summed E-state index contributed by atoms with van der Waals surface area (Å²) in [6.07, 6.45) is 0.854. The molecule has 0 saturated carbocycles. The summed E-state index contributed by atoms with van der Waals surface area (Å²) in [7, 11) is 1.75. The van der Waals surface area contributed by atoms with E-state index in [4.69, 9.17) is 9.47 Å². The lowest BCUT2D eigenvalue weighted by molar-refractivity contribution is 0.0169. The van der Waals surface area contributed by atoms with Crippen LogP contribution in [0.4, 0.5) is 4.39 Å². The van der Waals surface area contributed by atoms with Gasteiger partial charge in [-0.15, -0.1) is 0 Å². The van der Waals surface area contributed by atoms with Crippen molar-refractivity contribution in [3.63, 3.8) is 0 Å². The van der Waals surface area contributed by atoms with Crippen molar-refractivity contribution in [2.24, 2.45) is 4.99 Å². The summed E-state index contributed by atoms with van der Waals surface area (Å²) in [6.45, 7) is 5.05. The minimum atomic E-state index is -0.216. The fourth-order valence-corrected chi connectivity index (χ4v) is 3.46. The van der Waals surface area contributed by atoms with E-state index in [9.17, 15) is 4.39 Å². The molecule has 2 N–H and O–H groups in total. The summed E-state index contributed by atoms with van der Waals surface area (Å²) in [5.74, 6) is 1.39. The second kappa shape index (κ2) is 12.1. The third-order valence-corrected chi connectivity index (χ3v) is 5.03. The number of nitrogens with zero attached hydrogens (tertiary/aromatic N) is 2. The van der Waals surface area contributed by atoms with Crippen LogP contribution in [0.1, 0.15) is 18.0 Å². The van der Waals surface area contributed by atoms with E-state index < -0.39 is 0 Å². The molecule has 0 aromatic heterocycles. The van der Waals surface area contributed by atoms with Gasteiger partial charge in [0.1, 0.15) is 11.6 Å². The Hall–Kier alpha value is -2.64. The molecule has 6 nitrogen and oxygen atoms in total. The van der Waals surface area contributed by atoms with Crippen molar-refractivity contribution < 1.29 is 13.9 Å². The topological polar surface area (TPSA) is 58.1 Å². The van der Waals surface area contributed by atoms with E-state index in [0.717, 1.165) is 43.3 Å². The molecule has 0 spiro atoms. The van der Waals surface area contributed by atoms with Crippen LogP contribution in [0, 0.1) is 5.82 Å². The van der Waals surface area contributed by atoms with Gasteiger partial charge in [-0.05, 0) is 36.2 Å². The van der Waals surface area contributed by atoms with Gasteiger partial charge in [-0.2, -0.15) is 0 Å². The molecule has 2 aromatic rings. The van der Waals surface area contributed by atoms with Crippen LogP contribution in [0.3, 0.4) is 0 Å². The van der Waals surface area contributed by atoms with Crippen molar-refractivity contribution in [1.29, 1.82) is 0 Å². The summed E-state index contributed by atoms with van der Waals surface area (Å²) >= 11 is 0. The molecule has 0 aliphatic carbocycles. The normalized spacial score (nSPS) is 16.1. The van der Waals surface area contributed by atoms with Crippen molar-refractivity contribution in [2.75, 3.05) is 53.0 Å². The molecule has 3 rings (SSSR count). The Kier molecular flexibility index (Phi) is 8.93. The fourth-order valence-electron chi connectivity index (χ4n) is 3.46. The first kappa shape index (κ1) is 22.1. The Morgan fingerprint density at radius 2 is 1.93 bits per heavy atom. The Bertz CT molecular complexity index is 782. The van der Waals surface area contributed by atoms with E-state index in [-0.39, 0.29) is 11.9 Å². The summed E-state index contributed by atoms with van der Waals surface area (Å²) in [5.41, 5.74) is 0.955. The summed E-state index contributed by atoms with van der Waals surface area (Å²) in [6, 6.07) is 16.7. The number of hydrogen-bond acceptors (Lipinski definition) is 4. The zero-order valence-corrected chi connectivity index (χ0v) is 17.5. The van der Waals surface area contributed by atoms with Gasteiger partial charge in [0.25, 0.3) is 0 Å². The third-order valence-electron chi connectivity index (χ3n) is 5.03. The van der Waals surface area contributed by atoms with Crippen LogP contribution in [0.5, 0.6) is 5.75 Å². The Labute approximate surface area is 178 Å². The fraction of sp³-hybridized carbons (Fsp3) is 0.435. The van der Waals surface area contributed by atoms with Crippen molar-refractivity contribution in [3.8, 4) is 5.75 Å². The predicted octanol–water partition coefficient (Wildman–Crippen LogP) is 2.83. The quantitative estimate of drug-likeness (QED) is 0.375. The van der Waals surface area contributed by atoms with Gasteiger partial charge in [-0.1, -0.05) is 30.3 Å². The Morgan fingerprint density at radius 1 is 1.13 bits per heavy atom. The largest absolute Gasteiger partial charge is 0.494 e. The molecule has 0 bridgehead atoms. The lowest BCUT2D eigenvalue weighted by Crippen LogP contribution is -2.46. The number of halogens is 1. The molecule has 1 aliphatic heterocycles. The number of morpholine rings is 1. The van der Waals surface area contributed by atoms with Crippen LogP contribution in [0.15, 0.2) is 59.6 Å². The Balaban J connectivity index is 1.47. The highest BCUT2D eigenvalue weighted by Crippen LogP contribution is 2.22. The van der Waals surface area contributed by atoms with Gasteiger partial charge in [0.05, 0.1) is 25.9 Å². The number of nitrogens with one attached hydrogen (secondary N) is 2. The minimum absolute atomic E-state index is 0.0459. The molecule has 1 unspecified atom stereocenters. The predicted molar refractivity (Wildman–Crippen MR) is 117 cm³/mol. The lowest BCUT2D eigenvalue weighted by Gasteiger charge is -2.35. The molecule has 0 radical (unpaired) electrons. The van der Waals surface area contributed by atoms with Gasteiger partial charge in [-0.3, -0.25) is 9.89 Å². The average molecular weight is 415 g/mol. The zero-order valence-electron chi connectivity index (χ0n) is 17.5. The van der Waals surface area contributed by atoms with Crippen molar-refractivity contribution in [1.82, 2.24) is 15.5 Å². The summed E-state index contributed by atoms with van der Waals surface area (Å²) < 4.78 is 25.0. The van der Waals surface area contributed by atoms with E-state index in [1.54, 1.807) is 19.2 Å². The van der Waals surface area contributed by atoms with Crippen LogP contribution in [0.2, 0.25) is 0 Å². The van der Waals surface area contributed by atoms with Gasteiger partial charge in [0, 0.05) is 33.2 Å². The van der Waals surface area contributed by atoms with Gasteiger partial charge >= 0.3 is 0 Å². The van der Waals surface area contributed by atoms with Crippen LogP contribution in [-0.2, 0) is 4.74 Å². The maximum absolute atomic E-state index is 13.8. The van der Waals surface area contributed by atoms with E-state index in [1.807, 2.05) is 36.4 Å². The Morgan fingerprint density at radius 3 is 2.67 bits per heavy atom. The second-order valence-electron chi connectivity index (χ2n) is 7.11. The minimum Gasteiger partial charge on any atom is -0.494 e. The molecule has 7 heteroatoms. The number of benzene rings is 2. The van der Waals surface area contributed by atoms with Crippen molar-refractivity contribution in [2.45, 2.75) is 12.5 Å². The third kappa shape index (κ3) is 7.00. The summed E-state index contributed by atoms with van der Waals surface area (Å²) in [5, 5.41) is 6.70. The smallest absolute Gasteiger partial charge is 0.191 e. The van der Waals surface area contributed by atoms with E-state index in [1.165, 1.54) is 6.07 Å². The molecule has 1 fully saturated rings. The molecule has 1 saturated heterocycles. The molecule has 2 aromatic carbocycles. The standard InChI is InChI=1S/C23H31FN4O2/c1-25-23(26-11-6-14-30-21-9-3-2-4-10-21)27-18-22(28-12-15-29-16-13-28)19-7-5-8-20(24)17-19/h2-5,7-10,17,22H,6,11-16,18H2,1H3,(H2,25,26,27). The molecule has 0 amide bonds. The van der Waals surface area contributed by atoms with Crippen LogP contribution < -0.4 is 15.4 Å². The number of guanidine groups is 1. The average Bonchev–Trinajstić information content (AvgIpc) is 2.79. The molecule has 1 heterocycles. The van der Waals surface area contributed by atoms with E-state index >= 15 is 0 Å². The molecular formula is C23H31FN4O2. The summed E-state index contributed by atoms with van der Waals surface area (Å²) in [4.78, 5) is 6.63. The maximum Gasteiger partial charge on any atom is 0.191 e. The highest BCUT2D eigenvalue weighted by Gasteiger charge is 2.23. The van der Waals surface area contributed by atoms with E-state index in [0.29, 0.717) is 26.4 Å². The van der Waals surface area contributed by atoms with Crippen molar-refractivity contribution in [3.05, 3.63) is 66.0 Å². The number of ether oxygens (including phenoxy) is 2. The van der Waals surface area contributed by atoms with Crippen LogP contribution in [0.25, 0.3) is 0 Å². The number of para-hydroxylation sites is 1. The van der Waals surface area contributed by atoms with Gasteiger partial charge < -0.3 is 20.1 Å².